The number of piperidine rings is 1. The van der Waals surface area contributed by atoms with Gasteiger partial charge in [-0.25, -0.2) is 0 Å². The van der Waals surface area contributed by atoms with Crippen molar-refractivity contribution in [1.29, 1.82) is 0 Å². The molecule has 0 saturated carbocycles. The summed E-state index contributed by atoms with van der Waals surface area (Å²) in [5.41, 5.74) is -1.53. The average Bonchev–Trinajstić information content (AvgIpc) is 2.82. The maximum absolute atomic E-state index is 13.1. The summed E-state index contributed by atoms with van der Waals surface area (Å²) in [6.07, 6.45) is -3.27. The van der Waals surface area contributed by atoms with E-state index >= 15 is 0 Å². The lowest BCUT2D eigenvalue weighted by atomic mass is 9.97. The molecule has 2 saturated heterocycles. The average molecular weight is 486 g/mol. The van der Waals surface area contributed by atoms with Gasteiger partial charge in [0.25, 0.3) is 5.69 Å². The van der Waals surface area contributed by atoms with Gasteiger partial charge in [-0.2, -0.15) is 13.2 Å². The Hall–Kier alpha value is -2.89. The first-order valence-electron chi connectivity index (χ1n) is 11.3. The lowest BCUT2D eigenvalue weighted by Gasteiger charge is -2.41. The number of rotatable bonds is 6. The van der Waals surface area contributed by atoms with Crippen molar-refractivity contribution in [2.75, 3.05) is 50.8 Å². The summed E-state index contributed by atoms with van der Waals surface area (Å²) in [7, 11) is 0. The largest absolute Gasteiger partial charge is 0.466 e. The summed E-state index contributed by atoms with van der Waals surface area (Å²) in [5, 5.41) is 11.4. The summed E-state index contributed by atoms with van der Waals surface area (Å²) in [4.78, 5) is 41.1. The predicted octanol–water partition coefficient (Wildman–Crippen LogP) is 2.93. The van der Waals surface area contributed by atoms with E-state index in [0.29, 0.717) is 64.8 Å². The summed E-state index contributed by atoms with van der Waals surface area (Å²) in [5.74, 6) is -0.718. The summed E-state index contributed by atoms with van der Waals surface area (Å²) in [6, 6.07) is 2.08. The second kappa shape index (κ2) is 10.6. The molecule has 0 spiro atoms. The zero-order chi connectivity index (χ0) is 25.0. The number of amides is 1. The monoisotopic (exact) mass is 486 g/mol. The highest BCUT2D eigenvalue weighted by molar-refractivity contribution is 5.82. The van der Waals surface area contributed by atoms with Crippen molar-refractivity contribution in [3.63, 3.8) is 0 Å². The number of hydrogen-bond acceptors (Lipinski definition) is 7. The van der Waals surface area contributed by atoms with Gasteiger partial charge < -0.3 is 14.5 Å². The number of benzene rings is 1. The number of ether oxygens (including phenoxy) is 1. The quantitative estimate of drug-likeness (QED) is 0.347. The van der Waals surface area contributed by atoms with Crippen LogP contribution in [-0.2, 0) is 20.5 Å². The Kier molecular flexibility index (Phi) is 8.01. The van der Waals surface area contributed by atoms with Crippen LogP contribution in [0.25, 0.3) is 0 Å². The van der Waals surface area contributed by atoms with Crippen LogP contribution in [0.1, 0.15) is 32.3 Å². The molecule has 3 rings (SSSR count). The number of anilines is 1. The lowest BCUT2D eigenvalue weighted by Crippen LogP contribution is -2.56. The van der Waals surface area contributed by atoms with Gasteiger partial charge in [0.1, 0.15) is 5.69 Å². The highest BCUT2D eigenvalue weighted by atomic mass is 19.4. The third-order valence-electron chi connectivity index (χ3n) is 6.41. The molecule has 2 fully saturated rings. The van der Waals surface area contributed by atoms with E-state index in [1.807, 2.05) is 4.90 Å². The van der Waals surface area contributed by atoms with E-state index in [4.69, 9.17) is 4.74 Å². The highest BCUT2D eigenvalue weighted by Crippen LogP contribution is 2.37. The normalized spacial score (nSPS) is 20.7. The van der Waals surface area contributed by atoms with Crippen molar-refractivity contribution in [1.82, 2.24) is 9.80 Å². The SMILES string of the molecule is CCOC(=O)C1CCCN(C(=O)C(C)N2CCN(c3ccc(C(F)(F)F)cc3[N+](=O)[O-])CC2)C1. The zero-order valence-corrected chi connectivity index (χ0v) is 19.2. The molecule has 34 heavy (non-hydrogen) atoms. The van der Waals surface area contributed by atoms with Crippen LogP contribution in [-0.4, -0.2) is 78.5 Å². The Bertz CT molecular complexity index is 918. The molecule has 2 atom stereocenters. The minimum Gasteiger partial charge on any atom is -0.466 e. The van der Waals surface area contributed by atoms with Crippen LogP contribution in [0.2, 0.25) is 0 Å². The Morgan fingerprint density at radius 3 is 2.47 bits per heavy atom. The van der Waals surface area contributed by atoms with Crippen molar-refractivity contribution in [3.8, 4) is 0 Å². The molecular weight excluding hydrogens is 457 g/mol. The molecule has 2 aliphatic rings. The molecule has 9 nitrogen and oxygen atoms in total. The molecule has 12 heteroatoms. The first kappa shape index (κ1) is 25.7. The van der Waals surface area contributed by atoms with E-state index in [9.17, 15) is 32.9 Å². The molecule has 0 N–H and O–H groups in total. The molecule has 0 aliphatic carbocycles. The van der Waals surface area contributed by atoms with E-state index in [2.05, 4.69) is 0 Å². The van der Waals surface area contributed by atoms with Crippen LogP contribution in [0.15, 0.2) is 18.2 Å². The Morgan fingerprint density at radius 2 is 1.88 bits per heavy atom. The zero-order valence-electron chi connectivity index (χ0n) is 19.2. The van der Waals surface area contributed by atoms with Gasteiger partial charge in [0, 0.05) is 45.3 Å². The molecule has 0 radical (unpaired) electrons. The van der Waals surface area contributed by atoms with Crippen molar-refractivity contribution < 1.29 is 32.4 Å². The van der Waals surface area contributed by atoms with E-state index in [1.54, 1.807) is 23.6 Å². The van der Waals surface area contributed by atoms with Gasteiger partial charge in [0.15, 0.2) is 0 Å². The van der Waals surface area contributed by atoms with Crippen LogP contribution >= 0.6 is 0 Å². The minimum absolute atomic E-state index is 0.0945. The number of hydrogen-bond donors (Lipinski definition) is 0. The Morgan fingerprint density at radius 1 is 1.21 bits per heavy atom. The smallest absolute Gasteiger partial charge is 0.416 e. The molecule has 0 aromatic heterocycles. The second-order valence-electron chi connectivity index (χ2n) is 8.53. The van der Waals surface area contributed by atoms with Crippen molar-refractivity contribution in [2.24, 2.45) is 5.92 Å². The molecule has 2 aliphatic heterocycles. The lowest BCUT2D eigenvalue weighted by molar-refractivity contribution is -0.384. The van der Waals surface area contributed by atoms with Gasteiger partial charge in [-0.3, -0.25) is 24.6 Å². The van der Waals surface area contributed by atoms with E-state index in [0.717, 1.165) is 12.1 Å². The van der Waals surface area contributed by atoms with Crippen LogP contribution in [0, 0.1) is 16.0 Å². The molecule has 1 aromatic carbocycles. The minimum atomic E-state index is -4.67. The maximum Gasteiger partial charge on any atom is 0.416 e. The number of piperazine rings is 1. The Balaban J connectivity index is 1.63. The van der Waals surface area contributed by atoms with Gasteiger partial charge in [-0.1, -0.05) is 0 Å². The number of likely N-dealkylation sites (tertiary alicyclic amines) is 1. The van der Waals surface area contributed by atoms with Gasteiger partial charge >= 0.3 is 12.1 Å². The number of nitrogens with zero attached hydrogens (tertiary/aromatic N) is 4. The first-order valence-corrected chi connectivity index (χ1v) is 11.3. The Labute approximate surface area is 195 Å². The number of alkyl halides is 3. The standard InChI is InChI=1S/C22H29F3N4O5/c1-3-34-21(31)16-5-4-8-28(14-16)20(30)15(2)26-9-11-27(12-10-26)18-7-6-17(22(23,24)25)13-19(18)29(32)33/h6-7,13,15-16H,3-5,8-12,14H2,1-2H3. The predicted molar refractivity (Wildman–Crippen MR) is 117 cm³/mol. The number of halogens is 3. The van der Waals surface area contributed by atoms with Crippen LogP contribution < -0.4 is 4.90 Å². The van der Waals surface area contributed by atoms with Crippen LogP contribution in [0.3, 0.4) is 0 Å². The van der Waals surface area contributed by atoms with E-state index < -0.39 is 28.4 Å². The molecule has 188 valence electrons. The van der Waals surface area contributed by atoms with Crippen LogP contribution in [0.4, 0.5) is 24.5 Å². The van der Waals surface area contributed by atoms with Crippen LogP contribution in [0.5, 0.6) is 0 Å². The summed E-state index contributed by atoms with van der Waals surface area (Å²) >= 11 is 0. The van der Waals surface area contributed by atoms with Gasteiger partial charge in [0.2, 0.25) is 5.91 Å². The fourth-order valence-corrected chi connectivity index (χ4v) is 4.51. The van der Waals surface area contributed by atoms with Gasteiger partial charge in [-0.15, -0.1) is 0 Å². The van der Waals surface area contributed by atoms with Crippen molar-refractivity contribution >= 4 is 23.3 Å². The number of carbonyl (C=O) groups excluding carboxylic acids is 2. The third-order valence-corrected chi connectivity index (χ3v) is 6.41. The topological polar surface area (TPSA) is 96.2 Å². The molecular formula is C22H29F3N4O5. The molecule has 2 heterocycles. The number of nitro benzene ring substituents is 1. The van der Waals surface area contributed by atoms with E-state index in [1.165, 1.54) is 0 Å². The van der Waals surface area contributed by atoms with Gasteiger partial charge in [-0.05, 0) is 38.8 Å². The number of nitro groups is 1. The summed E-state index contributed by atoms with van der Waals surface area (Å²) < 4.78 is 44.0. The maximum atomic E-state index is 13.1. The number of carbonyl (C=O) groups is 2. The fourth-order valence-electron chi connectivity index (χ4n) is 4.51. The summed E-state index contributed by atoms with van der Waals surface area (Å²) in [6.45, 7) is 6.19. The molecule has 0 bridgehead atoms. The highest BCUT2D eigenvalue weighted by Gasteiger charge is 2.36. The fraction of sp³-hybridized carbons (Fsp3) is 0.636. The van der Waals surface area contributed by atoms with Crippen molar-refractivity contribution in [3.05, 3.63) is 33.9 Å². The first-order chi connectivity index (χ1) is 16.0. The van der Waals surface area contributed by atoms with Gasteiger partial charge in [0.05, 0.1) is 29.1 Å². The number of esters is 1. The third kappa shape index (κ3) is 5.78. The van der Waals surface area contributed by atoms with E-state index in [-0.39, 0.29) is 23.5 Å². The molecule has 2 unspecified atom stereocenters. The van der Waals surface area contributed by atoms with Crippen molar-refractivity contribution in [2.45, 2.75) is 38.9 Å². The molecule has 1 aromatic rings. The molecule has 1 amide bonds. The second-order valence-corrected chi connectivity index (χ2v) is 8.53.